The first-order valence-electron chi connectivity index (χ1n) is 9.25. The Kier molecular flexibility index (Phi) is 5.99. The Hall–Kier alpha value is -1.31. The molecule has 1 heterocycles. The zero-order chi connectivity index (χ0) is 20.7. The standard InChI is InChI=1S/C19H23Cl2NO5S/c1-4-26-16(24)14-11-6-5-10(2)7-12(11)28-15(14)22-13(23)8-27-17(25)18(3)9-19(18,20)21/h10H,4-9H2,1-3H3,(H,22,23). The topological polar surface area (TPSA) is 81.7 Å². The Labute approximate surface area is 177 Å². The zero-order valence-electron chi connectivity index (χ0n) is 16.0. The third kappa shape index (κ3) is 4.02. The summed E-state index contributed by atoms with van der Waals surface area (Å²) >= 11 is 13.3. The molecule has 2 aliphatic carbocycles. The van der Waals surface area contributed by atoms with E-state index in [0.29, 0.717) is 16.5 Å². The van der Waals surface area contributed by atoms with Gasteiger partial charge in [0.15, 0.2) is 6.61 Å². The van der Waals surface area contributed by atoms with Crippen molar-refractivity contribution in [3.63, 3.8) is 0 Å². The van der Waals surface area contributed by atoms with Crippen LogP contribution in [0.1, 0.15) is 54.4 Å². The van der Waals surface area contributed by atoms with Crippen LogP contribution in [-0.2, 0) is 31.9 Å². The molecular formula is C19H23Cl2NO5S. The molecule has 0 aliphatic heterocycles. The number of carbonyl (C=O) groups excluding carboxylic acids is 3. The molecular weight excluding hydrogens is 425 g/mol. The maximum Gasteiger partial charge on any atom is 0.341 e. The van der Waals surface area contributed by atoms with Crippen LogP contribution < -0.4 is 5.32 Å². The first kappa shape index (κ1) is 21.4. The number of thiophene rings is 1. The van der Waals surface area contributed by atoms with Crippen molar-refractivity contribution in [2.75, 3.05) is 18.5 Å². The molecule has 0 aromatic carbocycles. The van der Waals surface area contributed by atoms with Crippen LogP contribution in [0, 0.1) is 11.3 Å². The average Bonchev–Trinajstić information content (AvgIpc) is 2.96. The average molecular weight is 448 g/mol. The number of ether oxygens (including phenoxy) is 2. The van der Waals surface area contributed by atoms with Gasteiger partial charge in [-0.2, -0.15) is 0 Å². The Morgan fingerprint density at radius 3 is 2.57 bits per heavy atom. The van der Waals surface area contributed by atoms with E-state index < -0.39 is 34.2 Å². The minimum Gasteiger partial charge on any atom is -0.462 e. The summed E-state index contributed by atoms with van der Waals surface area (Å²) in [5.41, 5.74) is 0.376. The fourth-order valence-electron chi connectivity index (χ4n) is 3.33. The third-order valence-electron chi connectivity index (χ3n) is 5.29. The molecule has 0 saturated heterocycles. The lowest BCUT2D eigenvalue weighted by molar-refractivity contribution is -0.152. The van der Waals surface area contributed by atoms with Crippen LogP contribution in [0.4, 0.5) is 5.00 Å². The van der Waals surface area contributed by atoms with Gasteiger partial charge in [0.1, 0.15) is 14.7 Å². The van der Waals surface area contributed by atoms with Crippen molar-refractivity contribution in [3.05, 3.63) is 16.0 Å². The van der Waals surface area contributed by atoms with Crippen LogP contribution in [0.5, 0.6) is 0 Å². The Balaban J connectivity index is 1.70. The van der Waals surface area contributed by atoms with Gasteiger partial charge < -0.3 is 14.8 Å². The van der Waals surface area contributed by atoms with E-state index in [-0.39, 0.29) is 13.0 Å². The minimum atomic E-state index is -1.15. The van der Waals surface area contributed by atoms with Gasteiger partial charge in [-0.15, -0.1) is 34.5 Å². The predicted octanol–water partition coefficient (Wildman–Crippen LogP) is 4.12. The number of rotatable bonds is 6. The van der Waals surface area contributed by atoms with Gasteiger partial charge in [-0.05, 0) is 44.6 Å². The highest BCUT2D eigenvalue weighted by atomic mass is 35.5. The van der Waals surface area contributed by atoms with Crippen LogP contribution in [0.15, 0.2) is 0 Å². The molecule has 2 unspecified atom stereocenters. The summed E-state index contributed by atoms with van der Waals surface area (Å²) in [5, 5.41) is 3.15. The van der Waals surface area contributed by atoms with E-state index in [1.807, 2.05) is 0 Å². The number of fused-ring (bicyclic) bond motifs is 1. The van der Waals surface area contributed by atoms with Crippen LogP contribution >= 0.6 is 34.5 Å². The maximum atomic E-state index is 12.5. The first-order valence-corrected chi connectivity index (χ1v) is 10.8. The number of halogens is 2. The summed E-state index contributed by atoms with van der Waals surface area (Å²) in [6, 6.07) is 0. The molecule has 1 aromatic rings. The molecule has 6 nitrogen and oxygen atoms in total. The van der Waals surface area contributed by atoms with Crippen molar-refractivity contribution < 1.29 is 23.9 Å². The highest BCUT2D eigenvalue weighted by molar-refractivity contribution is 7.17. The SMILES string of the molecule is CCOC(=O)c1c(NC(=O)COC(=O)C2(C)CC2(Cl)Cl)sc2c1CCC(C)C2. The molecule has 2 aliphatic rings. The maximum absolute atomic E-state index is 12.5. The van der Waals surface area contributed by atoms with Gasteiger partial charge in [-0.1, -0.05) is 6.92 Å². The van der Waals surface area contributed by atoms with Crippen molar-refractivity contribution >= 4 is 57.4 Å². The molecule has 1 fully saturated rings. The van der Waals surface area contributed by atoms with Gasteiger partial charge in [0, 0.05) is 11.3 Å². The van der Waals surface area contributed by atoms with Gasteiger partial charge in [0.2, 0.25) is 0 Å². The van der Waals surface area contributed by atoms with Gasteiger partial charge in [0.05, 0.1) is 12.2 Å². The molecule has 154 valence electrons. The molecule has 0 spiro atoms. The number of hydrogen-bond donors (Lipinski definition) is 1. The Morgan fingerprint density at radius 2 is 1.96 bits per heavy atom. The third-order valence-corrected chi connectivity index (χ3v) is 7.56. The predicted molar refractivity (Wildman–Crippen MR) is 108 cm³/mol. The van der Waals surface area contributed by atoms with Gasteiger partial charge in [-0.25, -0.2) is 4.79 Å². The van der Waals surface area contributed by atoms with E-state index >= 15 is 0 Å². The molecule has 3 rings (SSSR count). The monoisotopic (exact) mass is 447 g/mol. The summed E-state index contributed by atoms with van der Waals surface area (Å²) < 4.78 is 9.10. The molecule has 1 N–H and O–H groups in total. The fraction of sp³-hybridized carbons (Fsp3) is 0.632. The molecule has 1 amide bonds. The lowest BCUT2D eigenvalue weighted by Crippen LogP contribution is -2.27. The van der Waals surface area contributed by atoms with Crippen molar-refractivity contribution in [2.45, 2.75) is 50.8 Å². The van der Waals surface area contributed by atoms with Crippen molar-refractivity contribution in [3.8, 4) is 0 Å². The molecule has 0 bridgehead atoms. The number of carbonyl (C=O) groups is 3. The normalized spacial score (nSPS) is 24.8. The van der Waals surface area contributed by atoms with Crippen molar-refractivity contribution in [1.82, 2.24) is 0 Å². The van der Waals surface area contributed by atoms with E-state index in [1.165, 1.54) is 11.3 Å². The highest BCUT2D eigenvalue weighted by Crippen LogP contribution is 2.64. The molecule has 9 heteroatoms. The summed E-state index contributed by atoms with van der Waals surface area (Å²) in [6.45, 7) is 5.28. The lowest BCUT2D eigenvalue weighted by atomic mass is 9.88. The number of hydrogen-bond acceptors (Lipinski definition) is 6. The van der Waals surface area contributed by atoms with Crippen LogP contribution in [0.25, 0.3) is 0 Å². The molecule has 28 heavy (non-hydrogen) atoms. The van der Waals surface area contributed by atoms with Gasteiger partial charge in [-0.3, -0.25) is 9.59 Å². The number of nitrogens with one attached hydrogen (secondary N) is 1. The molecule has 1 saturated carbocycles. The van der Waals surface area contributed by atoms with Crippen molar-refractivity contribution in [1.29, 1.82) is 0 Å². The van der Waals surface area contributed by atoms with Crippen LogP contribution in [-0.4, -0.2) is 35.4 Å². The fourth-order valence-corrected chi connectivity index (χ4v) is 5.44. The Bertz CT molecular complexity index is 821. The van der Waals surface area contributed by atoms with Crippen molar-refractivity contribution in [2.24, 2.45) is 11.3 Å². The summed E-state index contributed by atoms with van der Waals surface area (Å²) in [7, 11) is 0. The number of alkyl halides is 2. The molecule has 2 atom stereocenters. The number of anilines is 1. The molecule has 1 aromatic heterocycles. The summed E-state index contributed by atoms with van der Waals surface area (Å²) in [5.74, 6) is -1.06. The van der Waals surface area contributed by atoms with E-state index in [2.05, 4.69) is 12.2 Å². The Morgan fingerprint density at radius 1 is 1.29 bits per heavy atom. The van der Waals surface area contributed by atoms with Gasteiger partial charge >= 0.3 is 11.9 Å². The smallest absolute Gasteiger partial charge is 0.341 e. The number of amides is 1. The van der Waals surface area contributed by atoms with E-state index in [1.54, 1.807) is 13.8 Å². The lowest BCUT2D eigenvalue weighted by Gasteiger charge is -2.18. The van der Waals surface area contributed by atoms with Crippen LogP contribution in [0.3, 0.4) is 0 Å². The minimum absolute atomic E-state index is 0.252. The van der Waals surface area contributed by atoms with E-state index in [9.17, 15) is 14.4 Å². The van der Waals surface area contributed by atoms with Crippen LogP contribution in [0.2, 0.25) is 0 Å². The zero-order valence-corrected chi connectivity index (χ0v) is 18.4. The largest absolute Gasteiger partial charge is 0.462 e. The molecule has 0 radical (unpaired) electrons. The quantitative estimate of drug-likeness (QED) is 0.523. The summed E-state index contributed by atoms with van der Waals surface area (Å²) in [4.78, 5) is 38.0. The summed E-state index contributed by atoms with van der Waals surface area (Å²) in [6.07, 6.45) is 2.91. The van der Waals surface area contributed by atoms with Gasteiger partial charge in [0.25, 0.3) is 5.91 Å². The first-order chi connectivity index (χ1) is 13.1. The van der Waals surface area contributed by atoms with E-state index in [0.717, 1.165) is 29.7 Å². The number of esters is 2. The second-order valence-corrected chi connectivity index (χ2v) is 10.2. The second-order valence-electron chi connectivity index (χ2n) is 7.61. The second kappa shape index (κ2) is 7.84. The van der Waals surface area contributed by atoms with E-state index in [4.69, 9.17) is 32.7 Å². The highest BCUT2D eigenvalue weighted by Gasteiger charge is 2.69.